The number of aryl methyl sites for hydroxylation is 3. The van der Waals surface area contributed by atoms with Gasteiger partial charge in [-0.05, 0) is 51.0 Å². The SMILES string of the molecule is Cc1cc(C)n2nc(CCCNC(=O)NCC3CC3C)c(C#N)c2n1. The van der Waals surface area contributed by atoms with E-state index in [1.807, 2.05) is 19.9 Å². The maximum Gasteiger partial charge on any atom is 0.314 e. The van der Waals surface area contributed by atoms with Crippen LogP contribution in [0.15, 0.2) is 6.07 Å². The van der Waals surface area contributed by atoms with Crippen LogP contribution in [-0.2, 0) is 6.42 Å². The fraction of sp³-hybridized carbons (Fsp3) is 0.556. The first kappa shape index (κ1) is 17.2. The van der Waals surface area contributed by atoms with Crippen molar-refractivity contribution in [1.82, 2.24) is 25.2 Å². The van der Waals surface area contributed by atoms with E-state index in [1.54, 1.807) is 4.52 Å². The Balaban J connectivity index is 1.53. The quantitative estimate of drug-likeness (QED) is 0.787. The van der Waals surface area contributed by atoms with Crippen molar-refractivity contribution in [2.75, 3.05) is 13.1 Å². The summed E-state index contributed by atoms with van der Waals surface area (Å²) in [6.45, 7) is 7.36. The number of amides is 2. The summed E-state index contributed by atoms with van der Waals surface area (Å²) in [6, 6.07) is 4.04. The molecule has 1 saturated carbocycles. The minimum atomic E-state index is -0.122. The highest BCUT2D eigenvalue weighted by atomic mass is 16.2. The van der Waals surface area contributed by atoms with Crippen molar-refractivity contribution in [3.05, 3.63) is 28.7 Å². The zero-order valence-electron chi connectivity index (χ0n) is 15.0. The number of nitrogens with one attached hydrogen (secondary N) is 2. The normalized spacial score (nSPS) is 18.8. The van der Waals surface area contributed by atoms with Gasteiger partial charge in [-0.3, -0.25) is 0 Å². The van der Waals surface area contributed by atoms with Gasteiger partial charge in [-0.15, -0.1) is 0 Å². The lowest BCUT2D eigenvalue weighted by Gasteiger charge is -2.06. The first-order chi connectivity index (χ1) is 12.0. The predicted molar refractivity (Wildman–Crippen MR) is 94.2 cm³/mol. The number of urea groups is 1. The molecule has 2 N–H and O–H groups in total. The van der Waals surface area contributed by atoms with E-state index in [4.69, 9.17) is 0 Å². The molecule has 1 aliphatic carbocycles. The van der Waals surface area contributed by atoms with Crippen LogP contribution >= 0.6 is 0 Å². The Morgan fingerprint density at radius 1 is 1.44 bits per heavy atom. The second-order valence-electron chi connectivity index (χ2n) is 6.92. The third kappa shape index (κ3) is 3.90. The van der Waals surface area contributed by atoms with Gasteiger partial charge in [-0.25, -0.2) is 14.3 Å². The van der Waals surface area contributed by atoms with E-state index in [-0.39, 0.29) is 6.03 Å². The fourth-order valence-corrected chi connectivity index (χ4v) is 3.08. The number of fused-ring (bicyclic) bond motifs is 1. The zero-order chi connectivity index (χ0) is 18.0. The van der Waals surface area contributed by atoms with E-state index in [0.717, 1.165) is 36.0 Å². The van der Waals surface area contributed by atoms with E-state index >= 15 is 0 Å². The highest BCUT2D eigenvalue weighted by molar-refractivity contribution is 5.73. The van der Waals surface area contributed by atoms with Crippen molar-refractivity contribution in [3.63, 3.8) is 0 Å². The minimum absolute atomic E-state index is 0.122. The van der Waals surface area contributed by atoms with Crippen molar-refractivity contribution in [2.24, 2.45) is 11.8 Å². The van der Waals surface area contributed by atoms with Crippen LogP contribution in [0.4, 0.5) is 4.79 Å². The summed E-state index contributed by atoms with van der Waals surface area (Å²) in [5.74, 6) is 1.38. The lowest BCUT2D eigenvalue weighted by atomic mass is 10.1. The average molecular weight is 340 g/mol. The van der Waals surface area contributed by atoms with Gasteiger partial charge in [0.25, 0.3) is 0 Å². The van der Waals surface area contributed by atoms with Crippen molar-refractivity contribution in [1.29, 1.82) is 5.26 Å². The van der Waals surface area contributed by atoms with Crippen molar-refractivity contribution in [3.8, 4) is 6.07 Å². The molecule has 3 rings (SSSR count). The van der Waals surface area contributed by atoms with Crippen molar-refractivity contribution in [2.45, 2.75) is 40.0 Å². The van der Waals surface area contributed by atoms with Crippen LogP contribution in [0.5, 0.6) is 0 Å². The Morgan fingerprint density at radius 2 is 2.20 bits per heavy atom. The van der Waals surface area contributed by atoms with Crippen LogP contribution in [0.2, 0.25) is 0 Å². The molecule has 2 heterocycles. The smallest absolute Gasteiger partial charge is 0.314 e. The third-order valence-electron chi connectivity index (χ3n) is 4.76. The van der Waals surface area contributed by atoms with Gasteiger partial charge in [0.05, 0.1) is 5.69 Å². The third-order valence-corrected chi connectivity index (χ3v) is 4.76. The predicted octanol–water partition coefficient (Wildman–Crippen LogP) is 2.11. The van der Waals surface area contributed by atoms with Gasteiger partial charge < -0.3 is 10.6 Å². The molecule has 0 saturated heterocycles. The number of hydrogen-bond acceptors (Lipinski definition) is 4. The number of aromatic nitrogens is 3. The zero-order valence-corrected chi connectivity index (χ0v) is 15.0. The van der Waals surface area contributed by atoms with E-state index in [2.05, 4.69) is 33.7 Å². The highest BCUT2D eigenvalue weighted by Crippen LogP contribution is 2.36. The molecule has 7 nitrogen and oxygen atoms in total. The molecule has 25 heavy (non-hydrogen) atoms. The number of hydrogen-bond donors (Lipinski definition) is 2. The number of nitrogens with zero attached hydrogens (tertiary/aromatic N) is 4. The summed E-state index contributed by atoms with van der Waals surface area (Å²) in [6.07, 6.45) is 2.56. The summed E-state index contributed by atoms with van der Waals surface area (Å²) in [5, 5.41) is 19.7. The maximum absolute atomic E-state index is 11.7. The molecular formula is C18H24N6O. The first-order valence-electron chi connectivity index (χ1n) is 8.77. The molecule has 7 heteroatoms. The lowest BCUT2D eigenvalue weighted by molar-refractivity contribution is 0.240. The van der Waals surface area contributed by atoms with Crippen LogP contribution in [0.1, 0.15) is 42.4 Å². The number of carbonyl (C=O) groups excluding carboxylic acids is 1. The van der Waals surface area contributed by atoms with Crippen LogP contribution < -0.4 is 10.6 Å². The fourth-order valence-electron chi connectivity index (χ4n) is 3.08. The van der Waals surface area contributed by atoms with Crippen LogP contribution in [0.25, 0.3) is 5.65 Å². The molecule has 0 bridgehead atoms. The molecule has 0 spiro atoms. The Bertz CT molecular complexity index is 834. The number of carbonyl (C=O) groups is 1. The van der Waals surface area contributed by atoms with Gasteiger partial charge in [0, 0.05) is 24.5 Å². The molecule has 2 aromatic heterocycles. The van der Waals surface area contributed by atoms with Gasteiger partial charge in [0.15, 0.2) is 5.65 Å². The second-order valence-corrected chi connectivity index (χ2v) is 6.92. The summed E-state index contributed by atoms with van der Waals surface area (Å²) in [7, 11) is 0. The standard InChI is InChI=1S/C18H24N6O/c1-11-7-14(11)10-21-18(25)20-6-4-5-16-15(9-19)17-22-12(2)8-13(3)24(17)23-16/h8,11,14H,4-7,10H2,1-3H3,(H2,20,21,25). The van der Waals surface area contributed by atoms with Gasteiger partial charge in [-0.1, -0.05) is 6.92 Å². The molecule has 132 valence electrons. The molecule has 2 aromatic rings. The molecule has 0 radical (unpaired) electrons. The molecule has 2 amide bonds. The van der Waals surface area contributed by atoms with E-state index < -0.39 is 0 Å². The second kappa shape index (κ2) is 7.09. The van der Waals surface area contributed by atoms with Gasteiger partial charge in [0.2, 0.25) is 0 Å². The molecular weight excluding hydrogens is 316 g/mol. The van der Waals surface area contributed by atoms with Crippen LogP contribution in [0.3, 0.4) is 0 Å². The highest BCUT2D eigenvalue weighted by Gasteiger charge is 2.32. The van der Waals surface area contributed by atoms with E-state index in [0.29, 0.717) is 30.1 Å². The molecule has 1 aliphatic rings. The Morgan fingerprint density at radius 3 is 2.88 bits per heavy atom. The first-order valence-corrected chi connectivity index (χ1v) is 8.77. The van der Waals surface area contributed by atoms with Crippen molar-refractivity contribution >= 4 is 11.7 Å². The number of nitriles is 1. The Labute approximate surface area is 147 Å². The minimum Gasteiger partial charge on any atom is -0.338 e. The maximum atomic E-state index is 11.7. The Hall–Kier alpha value is -2.62. The molecule has 0 aliphatic heterocycles. The largest absolute Gasteiger partial charge is 0.338 e. The van der Waals surface area contributed by atoms with Crippen molar-refractivity contribution < 1.29 is 4.79 Å². The molecule has 1 fully saturated rings. The van der Waals surface area contributed by atoms with Crippen LogP contribution in [0, 0.1) is 37.0 Å². The monoisotopic (exact) mass is 340 g/mol. The van der Waals surface area contributed by atoms with Crippen LogP contribution in [-0.4, -0.2) is 33.7 Å². The van der Waals surface area contributed by atoms with Gasteiger partial charge >= 0.3 is 6.03 Å². The Kier molecular flexibility index (Phi) is 4.88. The molecule has 0 aromatic carbocycles. The summed E-state index contributed by atoms with van der Waals surface area (Å²) < 4.78 is 1.72. The average Bonchev–Trinajstić information content (AvgIpc) is 3.15. The topological polar surface area (TPSA) is 95.1 Å². The lowest BCUT2D eigenvalue weighted by Crippen LogP contribution is -2.37. The summed E-state index contributed by atoms with van der Waals surface area (Å²) in [5.41, 5.74) is 3.70. The van der Waals surface area contributed by atoms with Gasteiger partial charge in [-0.2, -0.15) is 10.4 Å². The molecule has 2 atom stereocenters. The summed E-state index contributed by atoms with van der Waals surface area (Å²) in [4.78, 5) is 16.2. The summed E-state index contributed by atoms with van der Waals surface area (Å²) >= 11 is 0. The number of rotatable bonds is 6. The van der Waals surface area contributed by atoms with E-state index in [1.165, 1.54) is 6.42 Å². The molecule has 2 unspecified atom stereocenters. The van der Waals surface area contributed by atoms with E-state index in [9.17, 15) is 10.1 Å². The van der Waals surface area contributed by atoms with Gasteiger partial charge in [0.1, 0.15) is 11.6 Å².